The fraction of sp³-hybridized carbons (Fsp3) is 0.350. The normalized spacial score (nSPS) is 15.4. The molecule has 2 aromatic carbocycles. The van der Waals surface area contributed by atoms with E-state index in [0.29, 0.717) is 0 Å². The minimum atomic E-state index is 1.01. The van der Waals surface area contributed by atoms with Gasteiger partial charge in [0.25, 0.3) is 0 Å². The zero-order valence-electron chi connectivity index (χ0n) is 13.3. The summed E-state index contributed by atoms with van der Waals surface area (Å²) in [5.41, 5.74) is 4.85. The van der Waals surface area contributed by atoms with E-state index >= 15 is 0 Å². The van der Waals surface area contributed by atoms with E-state index in [1.165, 1.54) is 43.6 Å². The molecule has 1 fully saturated rings. The van der Waals surface area contributed by atoms with Gasteiger partial charge < -0.3 is 4.90 Å². The number of hydrogen-bond acceptors (Lipinski definition) is 2. The van der Waals surface area contributed by atoms with Gasteiger partial charge in [0.2, 0.25) is 0 Å². The van der Waals surface area contributed by atoms with Crippen LogP contribution in [0.1, 0.15) is 37.3 Å². The maximum absolute atomic E-state index is 4.56. The van der Waals surface area contributed by atoms with Gasteiger partial charge in [0.1, 0.15) is 0 Å². The summed E-state index contributed by atoms with van der Waals surface area (Å²) in [5.74, 6) is 0. The molecule has 0 aromatic heterocycles. The van der Waals surface area contributed by atoms with E-state index in [1.54, 1.807) is 0 Å². The summed E-state index contributed by atoms with van der Waals surface area (Å²) < 4.78 is 0. The molecular formula is C20H24N2. The Morgan fingerprint density at radius 3 is 2.23 bits per heavy atom. The first-order valence-corrected chi connectivity index (χ1v) is 8.33. The molecule has 0 radical (unpaired) electrons. The standard InChI is InChI=1S/C20H24N2/c1-2-17-6-10-19(11-7-17)21-16-18-8-12-20(13-9-18)22-14-4-3-5-15-22/h6-13,16H,2-5,14-15H2,1H3. The molecule has 0 amide bonds. The number of nitrogens with zero attached hydrogens (tertiary/aromatic N) is 2. The molecule has 3 rings (SSSR count). The smallest absolute Gasteiger partial charge is 0.0630 e. The molecule has 114 valence electrons. The van der Waals surface area contributed by atoms with Crippen LogP contribution < -0.4 is 4.90 Å². The number of piperidine rings is 1. The Morgan fingerprint density at radius 2 is 1.59 bits per heavy atom. The van der Waals surface area contributed by atoms with E-state index in [-0.39, 0.29) is 0 Å². The second-order valence-electron chi connectivity index (χ2n) is 5.92. The maximum atomic E-state index is 4.56. The number of hydrogen-bond donors (Lipinski definition) is 0. The number of rotatable bonds is 4. The second-order valence-corrected chi connectivity index (χ2v) is 5.92. The van der Waals surface area contributed by atoms with E-state index in [9.17, 15) is 0 Å². The lowest BCUT2D eigenvalue weighted by molar-refractivity contribution is 0.578. The van der Waals surface area contributed by atoms with Crippen LogP contribution in [0.5, 0.6) is 0 Å². The highest BCUT2D eigenvalue weighted by Crippen LogP contribution is 2.20. The van der Waals surface area contributed by atoms with Gasteiger partial charge in [0.15, 0.2) is 0 Å². The zero-order chi connectivity index (χ0) is 15.2. The van der Waals surface area contributed by atoms with Gasteiger partial charge in [-0.25, -0.2) is 0 Å². The summed E-state index contributed by atoms with van der Waals surface area (Å²) >= 11 is 0. The average molecular weight is 292 g/mol. The highest BCUT2D eigenvalue weighted by Gasteiger charge is 2.10. The topological polar surface area (TPSA) is 15.6 Å². The van der Waals surface area contributed by atoms with Crippen molar-refractivity contribution in [3.63, 3.8) is 0 Å². The summed E-state index contributed by atoms with van der Waals surface area (Å²) in [4.78, 5) is 7.04. The van der Waals surface area contributed by atoms with Crippen LogP contribution in [-0.4, -0.2) is 19.3 Å². The van der Waals surface area contributed by atoms with Crippen molar-refractivity contribution in [3.05, 3.63) is 59.7 Å². The van der Waals surface area contributed by atoms with Crippen molar-refractivity contribution >= 4 is 17.6 Å². The van der Waals surface area contributed by atoms with E-state index in [4.69, 9.17) is 0 Å². The van der Waals surface area contributed by atoms with Crippen molar-refractivity contribution in [2.75, 3.05) is 18.0 Å². The maximum Gasteiger partial charge on any atom is 0.0630 e. The SMILES string of the molecule is CCc1ccc(N=Cc2ccc(N3CCCCC3)cc2)cc1. The molecule has 0 N–H and O–H groups in total. The van der Waals surface area contributed by atoms with Crippen molar-refractivity contribution in [2.45, 2.75) is 32.6 Å². The number of anilines is 1. The Kier molecular flexibility index (Phi) is 4.89. The van der Waals surface area contributed by atoms with Crippen LogP contribution in [0.3, 0.4) is 0 Å². The van der Waals surface area contributed by atoms with Crippen molar-refractivity contribution < 1.29 is 0 Å². The third-order valence-corrected chi connectivity index (χ3v) is 4.32. The third kappa shape index (κ3) is 3.76. The number of aryl methyl sites for hydroxylation is 1. The quantitative estimate of drug-likeness (QED) is 0.725. The van der Waals surface area contributed by atoms with E-state index in [0.717, 1.165) is 17.7 Å². The summed E-state index contributed by atoms with van der Waals surface area (Å²) in [7, 11) is 0. The molecule has 1 aliphatic heterocycles. The lowest BCUT2D eigenvalue weighted by atomic mass is 10.1. The molecule has 0 atom stereocenters. The monoisotopic (exact) mass is 292 g/mol. The van der Waals surface area contributed by atoms with Crippen LogP contribution >= 0.6 is 0 Å². The largest absolute Gasteiger partial charge is 0.372 e. The highest BCUT2D eigenvalue weighted by atomic mass is 15.1. The fourth-order valence-corrected chi connectivity index (χ4v) is 2.89. The minimum Gasteiger partial charge on any atom is -0.372 e. The van der Waals surface area contributed by atoms with Crippen LogP contribution in [0.15, 0.2) is 53.5 Å². The van der Waals surface area contributed by atoms with Gasteiger partial charge in [-0.2, -0.15) is 0 Å². The molecule has 22 heavy (non-hydrogen) atoms. The summed E-state index contributed by atoms with van der Waals surface area (Å²) in [5, 5.41) is 0. The van der Waals surface area contributed by atoms with Crippen molar-refractivity contribution in [2.24, 2.45) is 4.99 Å². The Balaban J connectivity index is 1.65. The first-order chi connectivity index (χ1) is 10.8. The summed E-state index contributed by atoms with van der Waals surface area (Å²) in [6.07, 6.45) is 7.02. The van der Waals surface area contributed by atoms with Crippen LogP contribution in [0.4, 0.5) is 11.4 Å². The van der Waals surface area contributed by atoms with Gasteiger partial charge in [-0.05, 0) is 61.1 Å². The molecule has 1 heterocycles. The lowest BCUT2D eigenvalue weighted by Gasteiger charge is -2.28. The van der Waals surface area contributed by atoms with Gasteiger partial charge in [0.05, 0.1) is 5.69 Å². The lowest BCUT2D eigenvalue weighted by Crippen LogP contribution is -2.29. The Hall–Kier alpha value is -2.09. The average Bonchev–Trinajstić information content (AvgIpc) is 2.61. The molecular weight excluding hydrogens is 268 g/mol. The molecule has 0 unspecified atom stereocenters. The molecule has 2 aromatic rings. The number of benzene rings is 2. The van der Waals surface area contributed by atoms with Crippen molar-refractivity contribution in [1.29, 1.82) is 0 Å². The first-order valence-electron chi connectivity index (χ1n) is 8.33. The summed E-state index contributed by atoms with van der Waals surface area (Å²) in [6.45, 7) is 4.55. The van der Waals surface area contributed by atoms with Gasteiger partial charge >= 0.3 is 0 Å². The highest BCUT2D eigenvalue weighted by molar-refractivity contribution is 5.82. The molecule has 0 spiro atoms. The van der Waals surface area contributed by atoms with Gasteiger partial charge in [-0.15, -0.1) is 0 Å². The minimum absolute atomic E-state index is 1.01. The molecule has 0 bridgehead atoms. The Bertz CT molecular complexity index is 605. The molecule has 2 nitrogen and oxygen atoms in total. The van der Waals surface area contributed by atoms with Crippen molar-refractivity contribution in [1.82, 2.24) is 0 Å². The van der Waals surface area contributed by atoms with Gasteiger partial charge in [0, 0.05) is 25.0 Å². The van der Waals surface area contributed by atoms with Gasteiger partial charge in [-0.3, -0.25) is 4.99 Å². The predicted octanol–water partition coefficient (Wildman–Crippen LogP) is 4.99. The molecule has 0 aliphatic carbocycles. The van der Waals surface area contributed by atoms with Crippen molar-refractivity contribution in [3.8, 4) is 0 Å². The van der Waals surface area contributed by atoms with Crippen LogP contribution in [0.2, 0.25) is 0 Å². The molecule has 1 saturated heterocycles. The van der Waals surface area contributed by atoms with E-state index in [1.807, 2.05) is 6.21 Å². The fourth-order valence-electron chi connectivity index (χ4n) is 2.89. The van der Waals surface area contributed by atoms with Crippen LogP contribution in [0.25, 0.3) is 0 Å². The summed E-state index contributed by atoms with van der Waals surface area (Å²) in [6, 6.07) is 17.2. The number of aliphatic imine (C=N–C) groups is 1. The van der Waals surface area contributed by atoms with Crippen LogP contribution in [0, 0.1) is 0 Å². The Labute approximate surface area is 133 Å². The van der Waals surface area contributed by atoms with Crippen LogP contribution in [-0.2, 0) is 6.42 Å². The Morgan fingerprint density at radius 1 is 0.909 bits per heavy atom. The van der Waals surface area contributed by atoms with E-state index < -0.39 is 0 Å². The molecule has 1 aliphatic rings. The molecule has 0 saturated carbocycles. The second kappa shape index (κ2) is 7.26. The predicted molar refractivity (Wildman–Crippen MR) is 95.6 cm³/mol. The van der Waals surface area contributed by atoms with E-state index in [2.05, 4.69) is 65.3 Å². The molecule has 2 heteroatoms. The first kappa shape index (κ1) is 14.8. The zero-order valence-corrected chi connectivity index (χ0v) is 13.3. The van der Waals surface area contributed by atoms with Gasteiger partial charge in [-0.1, -0.05) is 31.2 Å². The third-order valence-electron chi connectivity index (χ3n) is 4.32.